The Morgan fingerprint density at radius 1 is 0.975 bits per heavy atom. The number of carbonyl (C=O) groups is 2. The lowest BCUT2D eigenvalue weighted by molar-refractivity contribution is -0.137. The Morgan fingerprint density at radius 3 is 2.45 bits per heavy atom. The van der Waals surface area contributed by atoms with Crippen LogP contribution in [0.4, 0.5) is 0 Å². The number of hydrogen-bond acceptors (Lipinski definition) is 5. The van der Waals surface area contributed by atoms with E-state index in [0.29, 0.717) is 11.3 Å². The van der Waals surface area contributed by atoms with Crippen molar-refractivity contribution in [2.45, 2.75) is 32.1 Å². The first-order chi connectivity index (χ1) is 19.2. The molecule has 2 amide bonds. The van der Waals surface area contributed by atoms with Crippen molar-refractivity contribution in [2.75, 3.05) is 20.6 Å². The van der Waals surface area contributed by atoms with Crippen molar-refractivity contribution >= 4 is 28.5 Å². The highest BCUT2D eigenvalue weighted by molar-refractivity contribution is 5.95. The Bertz CT molecular complexity index is 1750. The largest absolute Gasteiger partial charge is 0.351 e. The standard InChI is InChI=1S/C32H32N6O2/c1-31(2,29(40)37(3)4)20-36-28(39)22-9-7-21(8-10-22)24-17-34-30-35-18-27(38(30)19-24)32(13-14-32)25-11-12-26-23(16-25)6-5-15-33-26/h5-12,15-19H,13-14,20H2,1-4H3,(H,36,39). The summed E-state index contributed by atoms with van der Waals surface area (Å²) >= 11 is 0. The Morgan fingerprint density at radius 2 is 1.73 bits per heavy atom. The van der Waals surface area contributed by atoms with Gasteiger partial charge < -0.3 is 10.2 Å². The molecule has 3 aromatic heterocycles. The average molecular weight is 533 g/mol. The van der Waals surface area contributed by atoms with Crippen molar-refractivity contribution in [1.82, 2.24) is 29.6 Å². The second-order valence-corrected chi connectivity index (χ2v) is 11.5. The molecule has 40 heavy (non-hydrogen) atoms. The van der Waals surface area contributed by atoms with Crippen molar-refractivity contribution < 1.29 is 9.59 Å². The zero-order valence-corrected chi connectivity index (χ0v) is 23.2. The first-order valence-electron chi connectivity index (χ1n) is 13.5. The molecule has 0 atom stereocenters. The fourth-order valence-corrected chi connectivity index (χ4v) is 5.47. The molecule has 3 heterocycles. The minimum absolute atomic E-state index is 0.0319. The van der Waals surface area contributed by atoms with Crippen LogP contribution in [-0.2, 0) is 10.2 Å². The lowest BCUT2D eigenvalue weighted by Crippen LogP contribution is -2.44. The lowest BCUT2D eigenvalue weighted by atomic mass is 9.91. The Balaban J connectivity index is 1.24. The quantitative estimate of drug-likeness (QED) is 0.323. The number of pyridine rings is 1. The average Bonchev–Trinajstić information content (AvgIpc) is 3.67. The zero-order valence-electron chi connectivity index (χ0n) is 23.2. The van der Waals surface area contributed by atoms with Crippen LogP contribution in [0.1, 0.15) is 48.3 Å². The third-order valence-electron chi connectivity index (χ3n) is 7.92. The van der Waals surface area contributed by atoms with Crippen LogP contribution >= 0.6 is 0 Å². The van der Waals surface area contributed by atoms with Gasteiger partial charge in [-0.3, -0.25) is 19.0 Å². The van der Waals surface area contributed by atoms with Crippen LogP contribution in [0.3, 0.4) is 0 Å². The first-order valence-corrected chi connectivity index (χ1v) is 13.5. The summed E-state index contributed by atoms with van der Waals surface area (Å²) in [5.74, 6) is 0.423. The summed E-state index contributed by atoms with van der Waals surface area (Å²) in [4.78, 5) is 40.4. The number of nitrogens with zero attached hydrogens (tertiary/aromatic N) is 5. The van der Waals surface area contributed by atoms with Crippen LogP contribution in [0.15, 0.2) is 79.4 Å². The molecule has 5 aromatic rings. The van der Waals surface area contributed by atoms with Crippen LogP contribution < -0.4 is 5.32 Å². The number of rotatable bonds is 7. The van der Waals surface area contributed by atoms with E-state index in [1.54, 1.807) is 31.1 Å². The van der Waals surface area contributed by atoms with E-state index in [1.807, 2.05) is 50.6 Å². The Labute approximate surface area is 233 Å². The maximum absolute atomic E-state index is 12.8. The van der Waals surface area contributed by atoms with Crippen molar-refractivity contribution in [3.8, 4) is 11.1 Å². The van der Waals surface area contributed by atoms with Gasteiger partial charge in [0.2, 0.25) is 11.7 Å². The minimum Gasteiger partial charge on any atom is -0.351 e. The van der Waals surface area contributed by atoms with Gasteiger partial charge in [0.25, 0.3) is 5.91 Å². The molecule has 0 unspecified atom stereocenters. The number of hydrogen-bond donors (Lipinski definition) is 1. The lowest BCUT2D eigenvalue weighted by Gasteiger charge is -2.27. The summed E-state index contributed by atoms with van der Waals surface area (Å²) in [5, 5.41) is 4.03. The summed E-state index contributed by atoms with van der Waals surface area (Å²) in [6.07, 6.45) is 9.77. The number of benzene rings is 2. The minimum atomic E-state index is -0.689. The summed E-state index contributed by atoms with van der Waals surface area (Å²) in [7, 11) is 3.43. The van der Waals surface area contributed by atoms with Gasteiger partial charge in [0.05, 0.1) is 22.8 Å². The SMILES string of the molecule is CN(C)C(=O)C(C)(C)CNC(=O)c1ccc(-c2cnc3ncc(C4(c5ccc6ncccc6c5)CC4)n3c2)cc1. The molecular weight excluding hydrogens is 500 g/mol. The van der Waals surface area contributed by atoms with Gasteiger partial charge in [-0.05, 0) is 68.1 Å². The van der Waals surface area contributed by atoms with Crippen molar-refractivity contribution in [1.29, 1.82) is 0 Å². The molecule has 1 aliphatic rings. The van der Waals surface area contributed by atoms with Gasteiger partial charge in [-0.15, -0.1) is 0 Å². The number of carbonyl (C=O) groups excluding carboxylic acids is 2. The zero-order chi connectivity index (χ0) is 28.1. The van der Waals surface area contributed by atoms with Crippen molar-refractivity contribution in [3.05, 3.63) is 96.2 Å². The predicted octanol–water partition coefficient (Wildman–Crippen LogP) is 4.87. The molecule has 8 nitrogen and oxygen atoms in total. The highest BCUT2D eigenvalue weighted by atomic mass is 16.2. The number of aromatic nitrogens is 4. The molecule has 0 saturated heterocycles. The molecule has 1 fully saturated rings. The van der Waals surface area contributed by atoms with Gasteiger partial charge in [-0.25, -0.2) is 9.97 Å². The van der Waals surface area contributed by atoms with E-state index in [0.717, 1.165) is 40.6 Å². The van der Waals surface area contributed by atoms with E-state index in [-0.39, 0.29) is 23.8 Å². The van der Waals surface area contributed by atoms with Crippen molar-refractivity contribution in [2.24, 2.45) is 5.41 Å². The summed E-state index contributed by atoms with van der Waals surface area (Å²) in [6.45, 7) is 3.91. The molecule has 1 aliphatic carbocycles. The number of nitrogens with one attached hydrogen (secondary N) is 1. The van der Waals surface area contributed by atoms with Gasteiger partial charge in [0.15, 0.2) is 0 Å². The highest BCUT2D eigenvalue weighted by Gasteiger charge is 2.48. The van der Waals surface area contributed by atoms with Gasteiger partial charge in [0.1, 0.15) is 0 Å². The molecular formula is C32H32N6O2. The number of amides is 2. The summed E-state index contributed by atoms with van der Waals surface area (Å²) < 4.78 is 2.10. The molecule has 6 rings (SSSR count). The van der Waals surface area contributed by atoms with E-state index in [1.165, 1.54) is 5.56 Å². The van der Waals surface area contributed by atoms with E-state index < -0.39 is 5.41 Å². The normalized spacial score (nSPS) is 14.3. The third kappa shape index (κ3) is 4.49. The maximum atomic E-state index is 12.8. The highest BCUT2D eigenvalue weighted by Crippen LogP contribution is 2.53. The van der Waals surface area contributed by atoms with Gasteiger partial charge in [-0.1, -0.05) is 24.3 Å². The fourth-order valence-electron chi connectivity index (χ4n) is 5.47. The second kappa shape index (κ2) is 9.55. The van der Waals surface area contributed by atoms with Gasteiger partial charge >= 0.3 is 0 Å². The molecule has 202 valence electrons. The molecule has 1 N–H and O–H groups in total. The molecule has 0 radical (unpaired) electrons. The van der Waals surface area contributed by atoms with Gasteiger partial charge in [0, 0.05) is 61.2 Å². The predicted molar refractivity (Wildman–Crippen MR) is 155 cm³/mol. The molecule has 0 bridgehead atoms. The molecule has 2 aromatic carbocycles. The van der Waals surface area contributed by atoms with E-state index in [2.05, 4.69) is 55.1 Å². The molecule has 0 spiro atoms. The first kappa shape index (κ1) is 25.7. The van der Waals surface area contributed by atoms with Gasteiger partial charge in [-0.2, -0.15) is 0 Å². The monoisotopic (exact) mass is 532 g/mol. The Kier molecular flexibility index (Phi) is 6.13. The van der Waals surface area contributed by atoms with Crippen molar-refractivity contribution in [3.63, 3.8) is 0 Å². The summed E-state index contributed by atoms with van der Waals surface area (Å²) in [5.41, 5.74) is 5.05. The Hall–Kier alpha value is -4.59. The molecule has 1 saturated carbocycles. The second-order valence-electron chi connectivity index (χ2n) is 11.5. The smallest absolute Gasteiger partial charge is 0.251 e. The van der Waals surface area contributed by atoms with Crippen LogP contribution in [-0.4, -0.2) is 56.7 Å². The maximum Gasteiger partial charge on any atom is 0.251 e. The summed E-state index contributed by atoms with van der Waals surface area (Å²) in [6, 6.07) is 18.0. The molecule has 0 aliphatic heterocycles. The third-order valence-corrected chi connectivity index (χ3v) is 7.92. The van der Waals surface area contributed by atoms with E-state index in [4.69, 9.17) is 0 Å². The van der Waals surface area contributed by atoms with Crippen LogP contribution in [0, 0.1) is 5.41 Å². The molecule has 8 heteroatoms. The van der Waals surface area contributed by atoms with Crippen LogP contribution in [0.25, 0.3) is 27.8 Å². The fraction of sp³-hybridized carbons (Fsp3) is 0.281. The number of fused-ring (bicyclic) bond motifs is 2. The topological polar surface area (TPSA) is 92.5 Å². The van der Waals surface area contributed by atoms with E-state index >= 15 is 0 Å². The van der Waals surface area contributed by atoms with Crippen LogP contribution in [0.2, 0.25) is 0 Å². The van der Waals surface area contributed by atoms with E-state index in [9.17, 15) is 9.59 Å². The van der Waals surface area contributed by atoms with Crippen LogP contribution in [0.5, 0.6) is 0 Å². The number of imidazole rings is 1.